The second-order valence-corrected chi connectivity index (χ2v) is 3.13. The predicted molar refractivity (Wildman–Crippen MR) is 54.6 cm³/mol. The van der Waals surface area contributed by atoms with E-state index in [1.165, 1.54) is 23.1 Å². The van der Waals surface area contributed by atoms with Crippen LogP contribution in [0.1, 0.15) is 21.1 Å². The lowest BCUT2D eigenvalue weighted by atomic mass is 10.4. The van der Waals surface area contributed by atoms with Crippen LogP contribution >= 0.6 is 0 Å². The summed E-state index contributed by atoms with van der Waals surface area (Å²) in [4.78, 5) is 26.0. The molecule has 0 atom stereocenters. The molecule has 0 saturated heterocycles. The van der Waals surface area contributed by atoms with Crippen molar-refractivity contribution >= 4 is 17.8 Å². The van der Waals surface area contributed by atoms with Crippen LogP contribution in [0.3, 0.4) is 0 Å². The summed E-state index contributed by atoms with van der Waals surface area (Å²) in [6.45, 7) is 0. The minimum Gasteiger partial charge on any atom is -0.475 e. The van der Waals surface area contributed by atoms with Gasteiger partial charge in [-0.3, -0.25) is 10.1 Å². The summed E-state index contributed by atoms with van der Waals surface area (Å²) in [5, 5.41) is 14.8. The zero-order chi connectivity index (χ0) is 12.4. The van der Waals surface area contributed by atoms with Crippen molar-refractivity contribution in [3.05, 3.63) is 30.0 Å². The monoisotopic (exact) mass is 236 g/mol. The Bertz CT molecular complexity index is 571. The standard InChI is InChI=1S/C9H8N4O4/c1-13-9(10-4-11-13)12-7(14)5-2-3-6(17-5)8(15)16/h2-4H,1H3,(H,15,16)(H,10,11,12,14). The molecule has 0 aliphatic carbocycles. The summed E-state index contributed by atoms with van der Waals surface area (Å²) < 4.78 is 6.19. The first kappa shape index (κ1) is 10.9. The third-order valence-electron chi connectivity index (χ3n) is 1.98. The second-order valence-electron chi connectivity index (χ2n) is 3.13. The Balaban J connectivity index is 2.15. The summed E-state index contributed by atoms with van der Waals surface area (Å²) in [5.41, 5.74) is 0. The summed E-state index contributed by atoms with van der Waals surface area (Å²) in [5.74, 6) is -1.99. The molecule has 0 aliphatic heterocycles. The van der Waals surface area contributed by atoms with Gasteiger partial charge in [-0.15, -0.1) is 0 Å². The Hall–Kier alpha value is -2.64. The Morgan fingerprint density at radius 2 is 2.12 bits per heavy atom. The molecule has 0 radical (unpaired) electrons. The normalized spacial score (nSPS) is 10.2. The van der Waals surface area contributed by atoms with Crippen molar-refractivity contribution in [2.75, 3.05) is 5.32 Å². The smallest absolute Gasteiger partial charge is 0.371 e. The molecule has 0 aliphatic rings. The first-order chi connectivity index (χ1) is 8.08. The Kier molecular flexibility index (Phi) is 2.61. The molecule has 0 unspecified atom stereocenters. The van der Waals surface area contributed by atoms with Crippen molar-refractivity contribution in [3.8, 4) is 0 Å². The number of aromatic nitrogens is 3. The zero-order valence-corrected chi connectivity index (χ0v) is 8.75. The van der Waals surface area contributed by atoms with Crippen molar-refractivity contribution in [1.29, 1.82) is 0 Å². The summed E-state index contributed by atoms with van der Waals surface area (Å²) in [6.07, 6.45) is 1.28. The average Bonchev–Trinajstić information content (AvgIpc) is 2.88. The molecular weight excluding hydrogens is 228 g/mol. The van der Waals surface area contributed by atoms with Gasteiger partial charge in [0.25, 0.3) is 5.91 Å². The largest absolute Gasteiger partial charge is 0.475 e. The average molecular weight is 236 g/mol. The van der Waals surface area contributed by atoms with Crippen LogP contribution in [0.15, 0.2) is 22.9 Å². The molecule has 0 saturated carbocycles. The number of hydrogen-bond acceptors (Lipinski definition) is 5. The van der Waals surface area contributed by atoms with E-state index in [1.54, 1.807) is 7.05 Å². The lowest BCUT2D eigenvalue weighted by Gasteiger charge is -2.00. The van der Waals surface area contributed by atoms with Crippen molar-refractivity contribution in [2.45, 2.75) is 0 Å². The lowest BCUT2D eigenvalue weighted by molar-refractivity contribution is 0.0660. The molecule has 2 N–H and O–H groups in total. The molecule has 2 aromatic rings. The van der Waals surface area contributed by atoms with Crippen LogP contribution in [0.2, 0.25) is 0 Å². The number of hydrogen-bond donors (Lipinski definition) is 2. The van der Waals surface area contributed by atoms with Crippen LogP contribution in [-0.4, -0.2) is 31.7 Å². The van der Waals surface area contributed by atoms with Gasteiger partial charge in [-0.25, -0.2) is 9.48 Å². The third kappa shape index (κ3) is 2.14. The van der Waals surface area contributed by atoms with Crippen LogP contribution in [0.25, 0.3) is 0 Å². The van der Waals surface area contributed by atoms with Crippen LogP contribution in [0.4, 0.5) is 5.95 Å². The van der Waals surface area contributed by atoms with E-state index in [9.17, 15) is 9.59 Å². The maximum atomic E-state index is 11.6. The van der Waals surface area contributed by atoms with Gasteiger partial charge in [0.05, 0.1) is 0 Å². The number of carbonyl (C=O) groups is 2. The molecule has 2 aromatic heterocycles. The number of carbonyl (C=O) groups excluding carboxylic acids is 1. The molecule has 1 amide bonds. The number of anilines is 1. The van der Waals surface area contributed by atoms with E-state index in [0.29, 0.717) is 0 Å². The van der Waals surface area contributed by atoms with Crippen LogP contribution in [0.5, 0.6) is 0 Å². The number of nitrogens with one attached hydrogen (secondary N) is 1. The zero-order valence-electron chi connectivity index (χ0n) is 8.75. The number of aryl methyl sites for hydroxylation is 1. The first-order valence-corrected chi connectivity index (χ1v) is 4.56. The summed E-state index contributed by atoms with van der Waals surface area (Å²) >= 11 is 0. The molecule has 8 heteroatoms. The Labute approximate surface area is 94.9 Å². The third-order valence-corrected chi connectivity index (χ3v) is 1.98. The van der Waals surface area contributed by atoms with Crippen LogP contribution < -0.4 is 5.32 Å². The number of carboxylic acid groups (broad SMARTS) is 1. The van der Waals surface area contributed by atoms with E-state index in [-0.39, 0.29) is 17.5 Å². The van der Waals surface area contributed by atoms with Crippen LogP contribution in [-0.2, 0) is 7.05 Å². The number of amides is 1. The van der Waals surface area contributed by atoms with Gasteiger partial charge in [0.15, 0.2) is 5.76 Å². The van der Waals surface area contributed by atoms with E-state index >= 15 is 0 Å². The molecule has 0 aromatic carbocycles. The number of rotatable bonds is 3. The maximum absolute atomic E-state index is 11.6. The quantitative estimate of drug-likeness (QED) is 0.795. The molecule has 0 fully saturated rings. The fraction of sp³-hybridized carbons (Fsp3) is 0.111. The summed E-state index contributed by atoms with van der Waals surface area (Å²) in [7, 11) is 1.60. The first-order valence-electron chi connectivity index (χ1n) is 4.56. The molecule has 8 nitrogen and oxygen atoms in total. The maximum Gasteiger partial charge on any atom is 0.371 e. The van der Waals surface area contributed by atoms with E-state index in [0.717, 1.165) is 0 Å². The minimum absolute atomic E-state index is 0.106. The van der Waals surface area contributed by atoms with Gasteiger partial charge in [-0.1, -0.05) is 0 Å². The number of carboxylic acids is 1. The summed E-state index contributed by atoms with van der Waals surface area (Å²) in [6, 6.07) is 2.48. The molecular formula is C9H8N4O4. The molecule has 0 spiro atoms. The van der Waals surface area contributed by atoms with Gasteiger partial charge in [-0.05, 0) is 12.1 Å². The predicted octanol–water partition coefficient (Wildman–Crippen LogP) is 0.359. The van der Waals surface area contributed by atoms with Crippen molar-refractivity contribution in [1.82, 2.24) is 14.8 Å². The minimum atomic E-state index is -1.23. The highest BCUT2D eigenvalue weighted by Gasteiger charge is 2.16. The SMILES string of the molecule is Cn1ncnc1NC(=O)c1ccc(C(=O)O)o1. The molecule has 17 heavy (non-hydrogen) atoms. The van der Waals surface area contributed by atoms with Crippen molar-refractivity contribution < 1.29 is 19.1 Å². The Morgan fingerprint density at radius 3 is 2.65 bits per heavy atom. The van der Waals surface area contributed by atoms with Gasteiger partial charge in [-0.2, -0.15) is 10.1 Å². The fourth-order valence-electron chi connectivity index (χ4n) is 1.15. The number of aromatic carboxylic acids is 1. The van der Waals surface area contributed by atoms with E-state index in [2.05, 4.69) is 15.4 Å². The van der Waals surface area contributed by atoms with E-state index in [4.69, 9.17) is 9.52 Å². The van der Waals surface area contributed by atoms with E-state index < -0.39 is 11.9 Å². The van der Waals surface area contributed by atoms with Crippen molar-refractivity contribution in [3.63, 3.8) is 0 Å². The lowest BCUT2D eigenvalue weighted by Crippen LogP contribution is -2.14. The molecule has 0 bridgehead atoms. The second kappa shape index (κ2) is 4.08. The highest BCUT2D eigenvalue weighted by atomic mass is 16.4. The van der Waals surface area contributed by atoms with Gasteiger partial charge in [0.2, 0.25) is 11.7 Å². The van der Waals surface area contributed by atoms with Gasteiger partial charge in [0.1, 0.15) is 6.33 Å². The van der Waals surface area contributed by atoms with E-state index in [1.807, 2.05) is 0 Å². The number of furan rings is 1. The molecule has 2 rings (SSSR count). The van der Waals surface area contributed by atoms with Gasteiger partial charge in [0, 0.05) is 7.05 Å². The number of nitrogens with zero attached hydrogens (tertiary/aromatic N) is 3. The Morgan fingerprint density at radius 1 is 1.41 bits per heavy atom. The van der Waals surface area contributed by atoms with Gasteiger partial charge < -0.3 is 9.52 Å². The fourth-order valence-corrected chi connectivity index (χ4v) is 1.15. The topological polar surface area (TPSA) is 110 Å². The highest BCUT2D eigenvalue weighted by Crippen LogP contribution is 2.10. The highest BCUT2D eigenvalue weighted by molar-refractivity contribution is 6.01. The van der Waals surface area contributed by atoms with Gasteiger partial charge >= 0.3 is 5.97 Å². The molecule has 88 valence electrons. The van der Waals surface area contributed by atoms with Crippen molar-refractivity contribution in [2.24, 2.45) is 7.05 Å². The molecule has 2 heterocycles. The van der Waals surface area contributed by atoms with Crippen LogP contribution in [0, 0.1) is 0 Å².